The highest BCUT2D eigenvalue weighted by molar-refractivity contribution is 6.58. The van der Waals surface area contributed by atoms with Crippen LogP contribution in [0.5, 0.6) is 0 Å². The van der Waals surface area contributed by atoms with E-state index >= 15 is 0 Å². The number of hydrogen-bond acceptors (Lipinski definition) is 5. The fraction of sp³-hybridized carbons (Fsp3) is 0.708. The van der Waals surface area contributed by atoms with Crippen molar-refractivity contribution in [3.8, 4) is 0 Å². The summed E-state index contributed by atoms with van der Waals surface area (Å²) >= 11 is 0. The molecule has 1 aliphatic heterocycles. The number of benzene rings is 1. The van der Waals surface area contributed by atoms with Crippen LogP contribution in [0.4, 0.5) is 0 Å². The van der Waals surface area contributed by atoms with Gasteiger partial charge in [0.05, 0.1) is 18.8 Å². The molecule has 0 spiro atoms. The van der Waals surface area contributed by atoms with Crippen molar-refractivity contribution < 1.29 is 24.3 Å². The van der Waals surface area contributed by atoms with Gasteiger partial charge in [-0.2, -0.15) is 0 Å². The number of aryl methyl sites for hydroxylation is 1. The van der Waals surface area contributed by atoms with Gasteiger partial charge >= 0.3 is 7.12 Å². The molecule has 0 aromatic heterocycles. The minimum Gasteiger partial charge on any atom is -0.423 e. The lowest BCUT2D eigenvalue weighted by molar-refractivity contribution is -0.121. The molecule has 170 valence electrons. The molecule has 2 fully saturated rings. The van der Waals surface area contributed by atoms with Crippen LogP contribution in [0.15, 0.2) is 18.2 Å². The number of fused-ring (bicyclic) bond motifs is 5. The van der Waals surface area contributed by atoms with Gasteiger partial charge in [0.2, 0.25) is 5.91 Å². The highest BCUT2D eigenvalue weighted by atomic mass is 16.5. The number of nitrogens with one attached hydrogen (secondary N) is 1. The molecule has 1 heterocycles. The summed E-state index contributed by atoms with van der Waals surface area (Å²) in [7, 11) is 0.233. The molecule has 1 aromatic carbocycles. The molecule has 1 saturated heterocycles. The van der Waals surface area contributed by atoms with E-state index in [4.69, 9.17) is 9.47 Å². The summed E-state index contributed by atoms with van der Waals surface area (Å²) in [5, 5.41) is 22.0. The van der Waals surface area contributed by atoms with Crippen LogP contribution in [0.3, 0.4) is 0 Å². The molecular weight excluding hydrogens is 393 g/mol. The van der Waals surface area contributed by atoms with Crippen molar-refractivity contribution in [2.75, 3.05) is 26.9 Å². The van der Waals surface area contributed by atoms with Gasteiger partial charge in [0.1, 0.15) is 0 Å². The van der Waals surface area contributed by atoms with Crippen LogP contribution in [0.2, 0.25) is 0 Å². The van der Waals surface area contributed by atoms with Gasteiger partial charge in [-0.3, -0.25) is 4.79 Å². The standard InChI is InChI=1S/C24H36BNO5/c1-24-11-10-20-19-9-7-18(25(28)29)14-16(19)6-8-21(20)23(24)17(15-31-24)4-3-5-22(27)26-12-13-30-2/h7,9,14,17,20-21,23,28-29H,3-6,8,10-13,15H2,1-2H3,(H,26,27)/t17-,20?,21?,23?,24-/m0/s1. The quantitative estimate of drug-likeness (QED) is 0.433. The van der Waals surface area contributed by atoms with E-state index < -0.39 is 7.12 Å². The van der Waals surface area contributed by atoms with Gasteiger partial charge in [0.25, 0.3) is 0 Å². The number of carbonyl (C=O) groups excluding carboxylic acids is 1. The third kappa shape index (κ3) is 4.70. The zero-order chi connectivity index (χ0) is 22.0. The second-order valence-electron chi connectivity index (χ2n) is 9.82. The van der Waals surface area contributed by atoms with E-state index in [0.717, 1.165) is 45.1 Å². The molecule has 6 nitrogen and oxygen atoms in total. The van der Waals surface area contributed by atoms with E-state index in [1.807, 2.05) is 12.1 Å². The molecular formula is C24H36BNO5. The van der Waals surface area contributed by atoms with Gasteiger partial charge in [-0.05, 0) is 85.7 Å². The minimum absolute atomic E-state index is 0.0503. The molecule has 0 radical (unpaired) electrons. The summed E-state index contributed by atoms with van der Waals surface area (Å²) in [6, 6.07) is 5.97. The molecule has 3 aliphatic rings. The predicted molar refractivity (Wildman–Crippen MR) is 120 cm³/mol. The maximum absolute atomic E-state index is 12.0. The summed E-state index contributed by atoms with van der Waals surface area (Å²) in [6.45, 7) is 4.22. The highest BCUT2D eigenvalue weighted by Gasteiger charge is 2.55. The second-order valence-corrected chi connectivity index (χ2v) is 9.82. The van der Waals surface area contributed by atoms with E-state index in [-0.39, 0.29) is 11.5 Å². The number of amides is 1. The number of ether oxygens (including phenoxy) is 2. The van der Waals surface area contributed by atoms with E-state index in [2.05, 4.69) is 18.3 Å². The third-order valence-electron chi connectivity index (χ3n) is 7.99. The Bertz CT molecular complexity index is 787. The van der Waals surface area contributed by atoms with Crippen molar-refractivity contribution in [3.05, 3.63) is 29.3 Å². The zero-order valence-corrected chi connectivity index (χ0v) is 18.8. The van der Waals surface area contributed by atoms with Gasteiger partial charge in [-0.1, -0.05) is 18.2 Å². The van der Waals surface area contributed by atoms with Crippen LogP contribution in [0, 0.1) is 17.8 Å². The van der Waals surface area contributed by atoms with Gasteiger partial charge in [-0.15, -0.1) is 0 Å². The van der Waals surface area contributed by atoms with Crippen LogP contribution < -0.4 is 10.8 Å². The number of rotatable bonds is 8. The second kappa shape index (κ2) is 9.61. The van der Waals surface area contributed by atoms with E-state index in [1.165, 1.54) is 11.1 Å². The first kappa shape index (κ1) is 22.8. The lowest BCUT2D eigenvalue weighted by Gasteiger charge is -2.49. The largest absolute Gasteiger partial charge is 0.488 e. The molecule has 5 atom stereocenters. The molecule has 2 aliphatic carbocycles. The first-order valence-electron chi connectivity index (χ1n) is 11.8. The first-order chi connectivity index (χ1) is 14.9. The Hall–Kier alpha value is -1.41. The summed E-state index contributed by atoms with van der Waals surface area (Å²) in [5.74, 6) is 2.25. The Labute approximate surface area is 185 Å². The van der Waals surface area contributed by atoms with E-state index in [0.29, 0.717) is 48.7 Å². The molecule has 3 N–H and O–H groups in total. The van der Waals surface area contributed by atoms with Gasteiger partial charge in [0.15, 0.2) is 0 Å². The normalized spacial score (nSPS) is 31.5. The van der Waals surface area contributed by atoms with Crippen LogP contribution in [0.1, 0.15) is 62.5 Å². The maximum atomic E-state index is 12.0. The smallest absolute Gasteiger partial charge is 0.423 e. The van der Waals surface area contributed by atoms with Crippen molar-refractivity contribution in [2.24, 2.45) is 17.8 Å². The van der Waals surface area contributed by atoms with Crippen molar-refractivity contribution in [1.82, 2.24) is 5.32 Å². The van der Waals surface area contributed by atoms with Crippen molar-refractivity contribution in [3.63, 3.8) is 0 Å². The highest BCUT2D eigenvalue weighted by Crippen LogP contribution is 2.58. The lowest BCUT2D eigenvalue weighted by atomic mass is 9.56. The lowest BCUT2D eigenvalue weighted by Crippen LogP contribution is -2.47. The Morgan fingerprint density at radius 3 is 2.97 bits per heavy atom. The molecule has 31 heavy (non-hydrogen) atoms. The Kier molecular flexibility index (Phi) is 7.06. The third-order valence-corrected chi connectivity index (χ3v) is 7.99. The van der Waals surface area contributed by atoms with Crippen molar-refractivity contribution >= 4 is 18.5 Å². The topological polar surface area (TPSA) is 88.0 Å². The predicted octanol–water partition coefficient (Wildman–Crippen LogP) is 1.76. The van der Waals surface area contributed by atoms with Crippen LogP contribution >= 0.6 is 0 Å². The number of hydrogen-bond donors (Lipinski definition) is 3. The van der Waals surface area contributed by atoms with Crippen molar-refractivity contribution in [1.29, 1.82) is 0 Å². The van der Waals surface area contributed by atoms with Crippen LogP contribution in [-0.2, 0) is 20.7 Å². The van der Waals surface area contributed by atoms with E-state index in [1.54, 1.807) is 7.11 Å². The Morgan fingerprint density at radius 2 is 2.19 bits per heavy atom. The summed E-state index contributed by atoms with van der Waals surface area (Å²) in [5.41, 5.74) is 3.21. The number of carbonyl (C=O) groups is 1. The zero-order valence-electron chi connectivity index (χ0n) is 18.8. The molecule has 1 saturated carbocycles. The average molecular weight is 429 g/mol. The molecule has 0 bridgehead atoms. The maximum Gasteiger partial charge on any atom is 0.488 e. The van der Waals surface area contributed by atoms with Gasteiger partial charge in [-0.25, -0.2) is 0 Å². The molecule has 1 amide bonds. The fourth-order valence-electron chi connectivity index (χ4n) is 6.57. The molecule has 4 rings (SSSR count). The Morgan fingerprint density at radius 1 is 1.35 bits per heavy atom. The Balaban J connectivity index is 1.42. The van der Waals surface area contributed by atoms with Gasteiger partial charge in [0, 0.05) is 20.1 Å². The summed E-state index contributed by atoms with van der Waals surface area (Å²) < 4.78 is 11.4. The van der Waals surface area contributed by atoms with Crippen LogP contribution in [-0.4, -0.2) is 55.5 Å². The molecule has 3 unspecified atom stereocenters. The average Bonchev–Trinajstić information content (AvgIpc) is 3.10. The van der Waals surface area contributed by atoms with Gasteiger partial charge < -0.3 is 24.8 Å². The SMILES string of the molecule is COCCNC(=O)CCC[C@H]1CO[C@@]2(C)CCC3c4ccc(B(O)O)cc4CCC3C12. The fourth-order valence-corrected chi connectivity index (χ4v) is 6.57. The monoisotopic (exact) mass is 429 g/mol. The van der Waals surface area contributed by atoms with Crippen molar-refractivity contribution in [2.45, 2.75) is 63.4 Å². The first-order valence-corrected chi connectivity index (χ1v) is 11.8. The molecule has 7 heteroatoms. The van der Waals surface area contributed by atoms with E-state index in [9.17, 15) is 14.8 Å². The minimum atomic E-state index is -1.41. The summed E-state index contributed by atoms with van der Waals surface area (Å²) in [6.07, 6.45) is 6.79. The number of methoxy groups -OCH3 is 1. The molecule has 1 aromatic rings. The summed E-state index contributed by atoms with van der Waals surface area (Å²) in [4.78, 5) is 12.0. The van der Waals surface area contributed by atoms with Crippen LogP contribution in [0.25, 0.3) is 0 Å².